The van der Waals surface area contributed by atoms with E-state index >= 15 is 0 Å². The van der Waals surface area contributed by atoms with Crippen molar-refractivity contribution in [2.24, 2.45) is 0 Å². The van der Waals surface area contributed by atoms with Gasteiger partial charge in [-0.2, -0.15) is 0 Å². The van der Waals surface area contributed by atoms with Crippen molar-refractivity contribution < 1.29 is 9.59 Å². The number of benzene rings is 1. The highest BCUT2D eigenvalue weighted by molar-refractivity contribution is 5.94. The molecule has 1 aliphatic rings. The Hall–Kier alpha value is -1.84. The number of carbonyl (C=O) groups excluding carboxylic acids is 2. The van der Waals surface area contributed by atoms with Gasteiger partial charge in [-0.1, -0.05) is 17.7 Å². The molecule has 1 aromatic rings. The molecule has 1 saturated heterocycles. The summed E-state index contributed by atoms with van der Waals surface area (Å²) in [5, 5.41) is 0. The van der Waals surface area contributed by atoms with Gasteiger partial charge < -0.3 is 9.80 Å². The van der Waals surface area contributed by atoms with Gasteiger partial charge in [-0.05, 0) is 31.9 Å². The van der Waals surface area contributed by atoms with Gasteiger partial charge in [0, 0.05) is 38.7 Å². The number of nitrogens with zero attached hydrogens (tertiary/aromatic N) is 2. The molecule has 0 aliphatic carbocycles. The lowest BCUT2D eigenvalue weighted by molar-refractivity contribution is -0.130. The van der Waals surface area contributed by atoms with Crippen molar-refractivity contribution in [1.29, 1.82) is 0 Å². The molecule has 0 unspecified atom stereocenters. The topological polar surface area (TPSA) is 40.6 Å². The summed E-state index contributed by atoms with van der Waals surface area (Å²) in [4.78, 5) is 27.4. The van der Waals surface area contributed by atoms with E-state index in [4.69, 9.17) is 0 Å². The first-order valence-corrected chi connectivity index (χ1v) is 7.08. The van der Waals surface area contributed by atoms with Crippen LogP contribution in [0.4, 0.5) is 0 Å². The smallest absolute Gasteiger partial charge is 0.253 e. The van der Waals surface area contributed by atoms with Gasteiger partial charge >= 0.3 is 0 Å². The summed E-state index contributed by atoms with van der Waals surface area (Å²) in [5.41, 5.74) is 1.88. The number of rotatable bonds is 2. The third-order valence-corrected chi connectivity index (χ3v) is 4.08. The predicted molar refractivity (Wildman–Crippen MR) is 78.5 cm³/mol. The molecular formula is C16H22N2O2. The first-order valence-electron chi connectivity index (χ1n) is 7.08. The number of aryl methyl sites for hydroxylation is 1. The molecule has 0 N–H and O–H groups in total. The average Bonchev–Trinajstić information content (AvgIpc) is 2.46. The number of piperidine rings is 1. The van der Waals surface area contributed by atoms with Crippen LogP contribution in [0, 0.1) is 6.92 Å². The van der Waals surface area contributed by atoms with E-state index in [1.54, 1.807) is 6.92 Å². The largest absolute Gasteiger partial charge is 0.343 e. The molecule has 108 valence electrons. The molecule has 0 spiro atoms. The maximum absolute atomic E-state index is 12.4. The van der Waals surface area contributed by atoms with E-state index in [1.165, 1.54) is 0 Å². The summed E-state index contributed by atoms with van der Waals surface area (Å²) in [6.45, 7) is 5.09. The molecule has 0 bridgehead atoms. The van der Waals surface area contributed by atoms with Crippen LogP contribution >= 0.6 is 0 Å². The minimum absolute atomic E-state index is 0.0614. The third kappa shape index (κ3) is 3.18. The van der Waals surface area contributed by atoms with E-state index in [0.29, 0.717) is 0 Å². The van der Waals surface area contributed by atoms with Gasteiger partial charge in [0.2, 0.25) is 5.91 Å². The lowest BCUT2D eigenvalue weighted by atomic mass is 10.0. The SMILES string of the molecule is CC(=O)N1CCC(N(C)C(=O)c2ccc(C)cc2)CC1. The van der Waals surface area contributed by atoms with Crippen LogP contribution in [-0.4, -0.2) is 47.8 Å². The van der Waals surface area contributed by atoms with Crippen LogP contribution in [0.3, 0.4) is 0 Å². The van der Waals surface area contributed by atoms with Crippen LogP contribution in [-0.2, 0) is 4.79 Å². The molecule has 0 atom stereocenters. The Labute approximate surface area is 120 Å². The third-order valence-electron chi connectivity index (χ3n) is 4.08. The van der Waals surface area contributed by atoms with Gasteiger partial charge in [-0.3, -0.25) is 9.59 Å². The highest BCUT2D eigenvalue weighted by Gasteiger charge is 2.26. The van der Waals surface area contributed by atoms with Crippen molar-refractivity contribution in [3.63, 3.8) is 0 Å². The molecule has 2 rings (SSSR count). The average molecular weight is 274 g/mol. The first-order chi connectivity index (χ1) is 9.49. The van der Waals surface area contributed by atoms with E-state index in [2.05, 4.69) is 0 Å². The molecule has 4 nitrogen and oxygen atoms in total. The summed E-state index contributed by atoms with van der Waals surface area (Å²) >= 11 is 0. The number of likely N-dealkylation sites (tertiary alicyclic amines) is 1. The van der Waals surface area contributed by atoms with Gasteiger partial charge in [0.1, 0.15) is 0 Å². The Morgan fingerprint density at radius 1 is 1.15 bits per heavy atom. The molecule has 1 fully saturated rings. The molecule has 4 heteroatoms. The standard InChI is InChI=1S/C16H22N2O2/c1-12-4-6-14(7-5-12)16(20)17(3)15-8-10-18(11-9-15)13(2)19/h4-7,15H,8-11H2,1-3H3. The summed E-state index contributed by atoms with van der Waals surface area (Å²) < 4.78 is 0. The van der Waals surface area contributed by atoms with Gasteiger partial charge in [0.15, 0.2) is 0 Å². The van der Waals surface area contributed by atoms with Crippen LogP contribution < -0.4 is 0 Å². The normalized spacial score (nSPS) is 16.1. The Balaban J connectivity index is 1.98. The summed E-state index contributed by atoms with van der Waals surface area (Å²) in [6.07, 6.45) is 1.71. The van der Waals surface area contributed by atoms with Gasteiger partial charge in [-0.15, -0.1) is 0 Å². The zero-order valence-corrected chi connectivity index (χ0v) is 12.4. The minimum Gasteiger partial charge on any atom is -0.343 e. The van der Waals surface area contributed by atoms with Crippen LogP contribution in [0.15, 0.2) is 24.3 Å². The molecule has 20 heavy (non-hydrogen) atoms. The molecule has 1 aliphatic heterocycles. The minimum atomic E-state index is 0.0614. The number of hydrogen-bond donors (Lipinski definition) is 0. The monoisotopic (exact) mass is 274 g/mol. The maximum atomic E-state index is 12.4. The van der Waals surface area contributed by atoms with E-state index < -0.39 is 0 Å². The van der Waals surface area contributed by atoms with E-state index in [1.807, 2.05) is 48.0 Å². The fourth-order valence-corrected chi connectivity index (χ4v) is 2.63. The van der Waals surface area contributed by atoms with Crippen molar-refractivity contribution in [1.82, 2.24) is 9.80 Å². The van der Waals surface area contributed by atoms with Crippen molar-refractivity contribution in [2.75, 3.05) is 20.1 Å². The van der Waals surface area contributed by atoms with Crippen molar-refractivity contribution in [2.45, 2.75) is 32.7 Å². The fraction of sp³-hybridized carbons (Fsp3) is 0.500. The number of carbonyl (C=O) groups is 2. The van der Waals surface area contributed by atoms with Crippen LogP contribution in [0.2, 0.25) is 0 Å². The van der Waals surface area contributed by atoms with Crippen molar-refractivity contribution in [3.05, 3.63) is 35.4 Å². The van der Waals surface area contributed by atoms with Gasteiger partial charge in [0.25, 0.3) is 5.91 Å². The van der Waals surface area contributed by atoms with E-state index in [0.717, 1.165) is 37.1 Å². The maximum Gasteiger partial charge on any atom is 0.253 e. The Morgan fingerprint density at radius 3 is 2.20 bits per heavy atom. The Kier molecular flexibility index (Phi) is 4.42. The van der Waals surface area contributed by atoms with Crippen molar-refractivity contribution >= 4 is 11.8 Å². The van der Waals surface area contributed by atoms with Crippen LogP contribution in [0.25, 0.3) is 0 Å². The van der Waals surface area contributed by atoms with Crippen molar-refractivity contribution in [3.8, 4) is 0 Å². The zero-order chi connectivity index (χ0) is 14.7. The molecule has 0 saturated carbocycles. The van der Waals surface area contributed by atoms with E-state index in [-0.39, 0.29) is 17.9 Å². The summed E-state index contributed by atoms with van der Waals surface area (Å²) in [7, 11) is 1.86. The second kappa shape index (κ2) is 6.07. The number of amides is 2. The lowest BCUT2D eigenvalue weighted by Gasteiger charge is -2.36. The van der Waals surface area contributed by atoms with E-state index in [9.17, 15) is 9.59 Å². The molecule has 1 heterocycles. The predicted octanol–water partition coefficient (Wildman–Crippen LogP) is 2.08. The molecule has 1 aromatic carbocycles. The second-order valence-electron chi connectivity index (χ2n) is 5.52. The highest BCUT2D eigenvalue weighted by Crippen LogP contribution is 2.18. The van der Waals surface area contributed by atoms with Crippen LogP contribution in [0.1, 0.15) is 35.7 Å². The Morgan fingerprint density at radius 2 is 1.70 bits per heavy atom. The molecule has 0 aromatic heterocycles. The highest BCUT2D eigenvalue weighted by atomic mass is 16.2. The summed E-state index contributed by atoms with van der Waals surface area (Å²) in [6, 6.07) is 7.88. The quantitative estimate of drug-likeness (QED) is 0.828. The van der Waals surface area contributed by atoms with Crippen LogP contribution in [0.5, 0.6) is 0 Å². The second-order valence-corrected chi connectivity index (χ2v) is 5.52. The Bertz CT molecular complexity index is 488. The summed E-state index contributed by atoms with van der Waals surface area (Å²) in [5.74, 6) is 0.183. The zero-order valence-electron chi connectivity index (χ0n) is 12.4. The first kappa shape index (κ1) is 14.6. The van der Waals surface area contributed by atoms with Gasteiger partial charge in [0.05, 0.1) is 0 Å². The molecule has 2 amide bonds. The van der Waals surface area contributed by atoms with Gasteiger partial charge in [-0.25, -0.2) is 0 Å². The number of hydrogen-bond acceptors (Lipinski definition) is 2. The molecule has 0 radical (unpaired) electrons. The fourth-order valence-electron chi connectivity index (χ4n) is 2.63. The lowest BCUT2D eigenvalue weighted by Crippen LogP contribution is -2.46. The molecular weight excluding hydrogens is 252 g/mol.